The SMILES string of the molecule is c1cncc(-n2cccc2CN2CCN(Cc3ccc4c(c3)OCO4)CC2)c1. The molecule has 2 aliphatic rings. The van der Waals surface area contributed by atoms with Crippen LogP contribution in [0.5, 0.6) is 11.5 Å². The lowest BCUT2D eigenvalue weighted by Gasteiger charge is -2.34. The summed E-state index contributed by atoms with van der Waals surface area (Å²) >= 11 is 0. The Labute approximate surface area is 164 Å². The Balaban J connectivity index is 1.18. The fourth-order valence-electron chi connectivity index (χ4n) is 3.93. The van der Waals surface area contributed by atoms with Gasteiger partial charge in [-0.3, -0.25) is 14.8 Å². The van der Waals surface area contributed by atoms with Crippen LogP contribution in [0.4, 0.5) is 0 Å². The second kappa shape index (κ2) is 7.66. The van der Waals surface area contributed by atoms with Gasteiger partial charge in [-0.1, -0.05) is 6.07 Å². The van der Waals surface area contributed by atoms with E-state index < -0.39 is 0 Å². The van der Waals surface area contributed by atoms with Crippen molar-refractivity contribution < 1.29 is 9.47 Å². The Hall–Kier alpha value is -2.83. The van der Waals surface area contributed by atoms with Gasteiger partial charge in [0.25, 0.3) is 0 Å². The molecule has 5 rings (SSSR count). The van der Waals surface area contributed by atoms with Gasteiger partial charge in [0.1, 0.15) is 0 Å². The lowest BCUT2D eigenvalue weighted by molar-refractivity contribution is 0.120. The number of hydrogen-bond donors (Lipinski definition) is 0. The quantitative estimate of drug-likeness (QED) is 0.685. The zero-order chi connectivity index (χ0) is 18.8. The number of rotatable bonds is 5. The molecule has 144 valence electrons. The van der Waals surface area contributed by atoms with E-state index in [-0.39, 0.29) is 0 Å². The van der Waals surface area contributed by atoms with E-state index in [0.29, 0.717) is 6.79 Å². The molecule has 0 unspecified atom stereocenters. The first-order chi connectivity index (χ1) is 13.8. The lowest BCUT2D eigenvalue weighted by atomic mass is 10.1. The monoisotopic (exact) mass is 376 g/mol. The van der Waals surface area contributed by atoms with Gasteiger partial charge in [-0.05, 0) is 42.0 Å². The van der Waals surface area contributed by atoms with Gasteiger partial charge in [-0.2, -0.15) is 0 Å². The predicted octanol–water partition coefficient (Wildman–Crippen LogP) is 2.92. The molecule has 0 atom stereocenters. The van der Waals surface area contributed by atoms with Gasteiger partial charge in [0.15, 0.2) is 11.5 Å². The van der Waals surface area contributed by atoms with E-state index in [4.69, 9.17) is 9.47 Å². The first kappa shape index (κ1) is 17.3. The maximum absolute atomic E-state index is 5.50. The molecular formula is C22H24N4O2. The van der Waals surface area contributed by atoms with Crippen LogP contribution in [0.25, 0.3) is 5.69 Å². The molecule has 0 saturated carbocycles. The summed E-state index contributed by atoms with van der Waals surface area (Å²) in [6.45, 7) is 6.53. The number of benzene rings is 1. The minimum atomic E-state index is 0.332. The summed E-state index contributed by atoms with van der Waals surface area (Å²) in [6.07, 6.45) is 5.83. The molecule has 0 radical (unpaired) electrons. The number of pyridine rings is 1. The summed E-state index contributed by atoms with van der Waals surface area (Å²) in [4.78, 5) is 9.28. The van der Waals surface area contributed by atoms with Gasteiger partial charge in [0.2, 0.25) is 6.79 Å². The molecule has 4 heterocycles. The van der Waals surface area contributed by atoms with Gasteiger partial charge < -0.3 is 14.0 Å². The van der Waals surface area contributed by atoms with Gasteiger partial charge in [0, 0.05) is 57.4 Å². The smallest absolute Gasteiger partial charge is 0.231 e. The minimum absolute atomic E-state index is 0.332. The molecule has 3 aromatic rings. The molecule has 0 spiro atoms. The predicted molar refractivity (Wildman–Crippen MR) is 107 cm³/mol. The Bertz CT molecular complexity index is 933. The number of piperazine rings is 1. The fraction of sp³-hybridized carbons (Fsp3) is 0.318. The van der Waals surface area contributed by atoms with Gasteiger partial charge in [0.05, 0.1) is 11.9 Å². The largest absolute Gasteiger partial charge is 0.454 e. The number of hydrogen-bond acceptors (Lipinski definition) is 5. The van der Waals surface area contributed by atoms with Crippen LogP contribution < -0.4 is 9.47 Å². The van der Waals surface area contributed by atoms with E-state index in [1.807, 2.05) is 24.5 Å². The van der Waals surface area contributed by atoms with Crippen molar-refractivity contribution in [3.05, 3.63) is 72.3 Å². The highest BCUT2D eigenvalue weighted by atomic mass is 16.7. The van der Waals surface area contributed by atoms with Gasteiger partial charge in [-0.25, -0.2) is 0 Å². The highest BCUT2D eigenvalue weighted by Gasteiger charge is 2.20. The van der Waals surface area contributed by atoms with Crippen molar-refractivity contribution in [1.82, 2.24) is 19.4 Å². The van der Waals surface area contributed by atoms with Crippen molar-refractivity contribution in [2.45, 2.75) is 13.1 Å². The molecule has 0 aliphatic carbocycles. The van der Waals surface area contributed by atoms with E-state index in [1.165, 1.54) is 11.3 Å². The Morgan fingerprint density at radius 2 is 1.68 bits per heavy atom. The summed E-state index contributed by atoms with van der Waals surface area (Å²) < 4.78 is 13.1. The van der Waals surface area contributed by atoms with Crippen LogP contribution in [0, 0.1) is 0 Å². The first-order valence-electron chi connectivity index (χ1n) is 9.75. The van der Waals surface area contributed by atoms with E-state index in [2.05, 4.69) is 55.9 Å². The van der Waals surface area contributed by atoms with Crippen molar-refractivity contribution in [3.63, 3.8) is 0 Å². The molecule has 1 fully saturated rings. The molecule has 0 bridgehead atoms. The molecular weight excluding hydrogens is 352 g/mol. The zero-order valence-corrected chi connectivity index (χ0v) is 15.8. The molecule has 6 heteroatoms. The average molecular weight is 376 g/mol. The van der Waals surface area contributed by atoms with Gasteiger partial charge >= 0.3 is 0 Å². The standard InChI is InChI=1S/C22H24N4O2/c1-3-19(14-23-7-1)26-8-2-4-20(26)16-25-11-9-24(10-12-25)15-18-5-6-21-22(13-18)28-17-27-21/h1-8,13-14H,9-12,15-17H2. The van der Waals surface area contributed by atoms with E-state index in [9.17, 15) is 0 Å². The maximum Gasteiger partial charge on any atom is 0.231 e. The van der Waals surface area contributed by atoms with Crippen LogP contribution >= 0.6 is 0 Å². The van der Waals surface area contributed by atoms with Crippen LogP contribution in [-0.4, -0.2) is 52.3 Å². The van der Waals surface area contributed by atoms with E-state index in [1.54, 1.807) is 0 Å². The topological polar surface area (TPSA) is 42.8 Å². The number of nitrogens with zero attached hydrogens (tertiary/aromatic N) is 4. The third-order valence-electron chi connectivity index (χ3n) is 5.45. The number of fused-ring (bicyclic) bond motifs is 1. The molecule has 1 saturated heterocycles. The molecule has 2 aromatic heterocycles. The maximum atomic E-state index is 5.50. The summed E-state index contributed by atoms with van der Waals surface area (Å²) in [5, 5.41) is 0. The Kier molecular flexibility index (Phi) is 4.72. The highest BCUT2D eigenvalue weighted by molar-refractivity contribution is 5.44. The van der Waals surface area contributed by atoms with Crippen molar-refractivity contribution in [1.29, 1.82) is 0 Å². The fourth-order valence-corrected chi connectivity index (χ4v) is 3.93. The summed E-state index contributed by atoms with van der Waals surface area (Å²) in [6, 6.07) is 14.6. The van der Waals surface area contributed by atoms with E-state index >= 15 is 0 Å². The molecule has 1 aromatic carbocycles. The Morgan fingerprint density at radius 1 is 0.857 bits per heavy atom. The van der Waals surface area contributed by atoms with Crippen molar-refractivity contribution in [3.8, 4) is 17.2 Å². The highest BCUT2D eigenvalue weighted by Crippen LogP contribution is 2.32. The Morgan fingerprint density at radius 3 is 2.50 bits per heavy atom. The summed E-state index contributed by atoms with van der Waals surface area (Å²) in [5.74, 6) is 1.72. The van der Waals surface area contributed by atoms with Crippen LogP contribution in [-0.2, 0) is 13.1 Å². The van der Waals surface area contributed by atoms with E-state index in [0.717, 1.165) is 56.5 Å². The van der Waals surface area contributed by atoms with Crippen LogP contribution in [0.15, 0.2) is 61.1 Å². The first-order valence-corrected chi connectivity index (χ1v) is 9.75. The molecule has 28 heavy (non-hydrogen) atoms. The van der Waals surface area contributed by atoms with Gasteiger partial charge in [-0.15, -0.1) is 0 Å². The molecule has 0 N–H and O–H groups in total. The van der Waals surface area contributed by atoms with Crippen LogP contribution in [0.3, 0.4) is 0 Å². The minimum Gasteiger partial charge on any atom is -0.454 e. The lowest BCUT2D eigenvalue weighted by Crippen LogP contribution is -2.45. The third kappa shape index (κ3) is 3.61. The summed E-state index contributed by atoms with van der Waals surface area (Å²) in [5.41, 5.74) is 3.70. The second-order valence-corrected chi connectivity index (χ2v) is 7.32. The van der Waals surface area contributed by atoms with Crippen LogP contribution in [0.1, 0.15) is 11.3 Å². The third-order valence-corrected chi connectivity index (χ3v) is 5.45. The van der Waals surface area contributed by atoms with Crippen molar-refractivity contribution in [2.75, 3.05) is 33.0 Å². The number of aromatic nitrogens is 2. The van der Waals surface area contributed by atoms with Crippen LogP contribution in [0.2, 0.25) is 0 Å². The molecule has 0 amide bonds. The van der Waals surface area contributed by atoms with Crippen molar-refractivity contribution >= 4 is 0 Å². The zero-order valence-electron chi connectivity index (χ0n) is 15.8. The normalized spacial score (nSPS) is 17.1. The molecule has 6 nitrogen and oxygen atoms in total. The summed E-state index contributed by atoms with van der Waals surface area (Å²) in [7, 11) is 0. The van der Waals surface area contributed by atoms with Crippen molar-refractivity contribution in [2.24, 2.45) is 0 Å². The molecule has 2 aliphatic heterocycles. The second-order valence-electron chi connectivity index (χ2n) is 7.32. The average Bonchev–Trinajstić information content (AvgIpc) is 3.39. The number of ether oxygens (including phenoxy) is 2.